The lowest BCUT2D eigenvalue weighted by Gasteiger charge is -2.01. The molecule has 23 heavy (non-hydrogen) atoms. The number of thiazole rings is 1. The van der Waals surface area contributed by atoms with Gasteiger partial charge >= 0.3 is 0 Å². The van der Waals surface area contributed by atoms with Crippen LogP contribution in [0, 0.1) is 20.8 Å². The van der Waals surface area contributed by atoms with Gasteiger partial charge < -0.3 is 9.15 Å². The largest absolute Gasteiger partial charge is 0.494 e. The summed E-state index contributed by atoms with van der Waals surface area (Å²) >= 11 is 1.43. The van der Waals surface area contributed by atoms with E-state index in [1.165, 1.54) is 11.3 Å². The van der Waals surface area contributed by atoms with Gasteiger partial charge in [0.05, 0.1) is 22.4 Å². The highest BCUT2D eigenvalue weighted by Crippen LogP contribution is 2.30. The number of rotatable bonds is 4. The van der Waals surface area contributed by atoms with E-state index >= 15 is 0 Å². The fraction of sp³-hybridized carbons (Fsp3) is 0.294. The first-order chi connectivity index (χ1) is 11.0. The number of furan rings is 1. The van der Waals surface area contributed by atoms with E-state index in [2.05, 4.69) is 10.3 Å². The number of aromatic nitrogens is 1. The Morgan fingerprint density at radius 2 is 2.09 bits per heavy atom. The lowest BCUT2D eigenvalue weighted by Crippen LogP contribution is -2.13. The molecule has 0 radical (unpaired) electrons. The van der Waals surface area contributed by atoms with Crippen LogP contribution in [-0.2, 0) is 0 Å². The second kappa shape index (κ2) is 6.04. The number of anilines is 1. The number of ether oxygens (including phenoxy) is 1. The third-order valence-corrected chi connectivity index (χ3v) is 4.61. The van der Waals surface area contributed by atoms with Crippen LogP contribution < -0.4 is 10.1 Å². The average molecular weight is 330 g/mol. The number of carbonyl (C=O) groups is 1. The van der Waals surface area contributed by atoms with Gasteiger partial charge in [0.15, 0.2) is 5.13 Å². The molecule has 0 fully saturated rings. The van der Waals surface area contributed by atoms with Crippen molar-refractivity contribution in [1.29, 1.82) is 0 Å². The van der Waals surface area contributed by atoms with E-state index in [1.54, 1.807) is 6.92 Å². The Kier molecular flexibility index (Phi) is 4.09. The van der Waals surface area contributed by atoms with Crippen LogP contribution in [0.3, 0.4) is 0 Å². The lowest BCUT2D eigenvalue weighted by atomic mass is 10.1. The smallest absolute Gasteiger partial charge is 0.261 e. The van der Waals surface area contributed by atoms with Gasteiger partial charge in [-0.05, 0) is 45.9 Å². The molecule has 1 amide bonds. The SMILES string of the molecule is CCOc1ccc2nc(NC(=O)c3c(C)oc(C)c3C)sc2c1. The van der Waals surface area contributed by atoms with Gasteiger partial charge in [-0.25, -0.2) is 4.98 Å². The lowest BCUT2D eigenvalue weighted by molar-refractivity contribution is 0.102. The van der Waals surface area contributed by atoms with Crippen LogP contribution in [0.5, 0.6) is 5.75 Å². The van der Waals surface area contributed by atoms with Gasteiger partial charge in [0, 0.05) is 5.56 Å². The minimum absolute atomic E-state index is 0.194. The molecular formula is C17H18N2O3S. The van der Waals surface area contributed by atoms with Crippen LogP contribution in [-0.4, -0.2) is 17.5 Å². The van der Waals surface area contributed by atoms with E-state index in [1.807, 2.05) is 39.0 Å². The quantitative estimate of drug-likeness (QED) is 0.767. The average Bonchev–Trinajstić information content (AvgIpc) is 2.99. The maximum atomic E-state index is 12.5. The van der Waals surface area contributed by atoms with Gasteiger partial charge in [-0.3, -0.25) is 10.1 Å². The summed E-state index contributed by atoms with van der Waals surface area (Å²) in [6.45, 7) is 8.09. The number of benzene rings is 1. The molecule has 0 aliphatic carbocycles. The highest BCUT2D eigenvalue weighted by Gasteiger charge is 2.19. The van der Waals surface area contributed by atoms with Crippen molar-refractivity contribution < 1.29 is 13.9 Å². The Bertz CT molecular complexity index is 879. The van der Waals surface area contributed by atoms with E-state index < -0.39 is 0 Å². The Hall–Kier alpha value is -2.34. The standard InChI is InChI=1S/C17H18N2O3S/c1-5-21-12-6-7-13-14(8-12)23-17(18-13)19-16(20)15-9(2)10(3)22-11(15)4/h6-8H,5H2,1-4H3,(H,18,19,20). The zero-order valence-corrected chi connectivity index (χ0v) is 14.3. The first-order valence-corrected chi connectivity index (χ1v) is 8.22. The number of nitrogens with zero attached hydrogens (tertiary/aromatic N) is 1. The van der Waals surface area contributed by atoms with Gasteiger partial charge in [0.2, 0.25) is 0 Å². The Morgan fingerprint density at radius 3 is 2.74 bits per heavy atom. The van der Waals surface area contributed by atoms with Crippen LogP contribution in [0.1, 0.15) is 34.4 Å². The molecule has 0 saturated carbocycles. The molecule has 0 unspecified atom stereocenters. The number of nitrogens with one attached hydrogen (secondary N) is 1. The Balaban J connectivity index is 1.87. The monoisotopic (exact) mass is 330 g/mol. The summed E-state index contributed by atoms with van der Waals surface area (Å²) < 4.78 is 12.0. The Morgan fingerprint density at radius 1 is 1.30 bits per heavy atom. The molecule has 0 atom stereocenters. The van der Waals surface area contributed by atoms with Gasteiger partial charge in [-0.1, -0.05) is 11.3 Å². The molecule has 0 aliphatic rings. The van der Waals surface area contributed by atoms with E-state index in [9.17, 15) is 4.79 Å². The van der Waals surface area contributed by atoms with Crippen LogP contribution >= 0.6 is 11.3 Å². The fourth-order valence-corrected chi connectivity index (χ4v) is 3.39. The van der Waals surface area contributed by atoms with Crippen molar-refractivity contribution in [2.75, 3.05) is 11.9 Å². The highest BCUT2D eigenvalue weighted by atomic mass is 32.1. The molecule has 0 bridgehead atoms. The maximum Gasteiger partial charge on any atom is 0.261 e. The van der Waals surface area contributed by atoms with E-state index in [4.69, 9.17) is 9.15 Å². The molecule has 2 heterocycles. The molecule has 1 aromatic carbocycles. The van der Waals surface area contributed by atoms with Crippen molar-refractivity contribution in [3.63, 3.8) is 0 Å². The van der Waals surface area contributed by atoms with Crippen molar-refractivity contribution in [2.24, 2.45) is 0 Å². The van der Waals surface area contributed by atoms with Gasteiger partial charge in [0.1, 0.15) is 17.3 Å². The molecule has 6 heteroatoms. The number of amides is 1. The van der Waals surface area contributed by atoms with Crippen molar-refractivity contribution in [2.45, 2.75) is 27.7 Å². The molecular weight excluding hydrogens is 312 g/mol. The van der Waals surface area contributed by atoms with Crippen LogP contribution in [0.4, 0.5) is 5.13 Å². The summed E-state index contributed by atoms with van der Waals surface area (Å²) in [5, 5.41) is 3.43. The molecule has 0 saturated heterocycles. The summed E-state index contributed by atoms with van der Waals surface area (Å²) in [5.74, 6) is 2.00. The molecule has 0 aliphatic heterocycles. The third-order valence-electron chi connectivity index (χ3n) is 3.68. The van der Waals surface area contributed by atoms with Gasteiger partial charge in [-0.2, -0.15) is 0 Å². The van der Waals surface area contributed by atoms with Crippen molar-refractivity contribution in [3.05, 3.63) is 40.8 Å². The minimum Gasteiger partial charge on any atom is -0.494 e. The molecule has 3 aromatic rings. The number of aryl methyl sites for hydroxylation is 2. The summed E-state index contributed by atoms with van der Waals surface area (Å²) in [6.07, 6.45) is 0. The fourth-order valence-electron chi connectivity index (χ4n) is 2.50. The minimum atomic E-state index is -0.194. The predicted molar refractivity (Wildman–Crippen MR) is 91.7 cm³/mol. The second-order valence-electron chi connectivity index (χ2n) is 5.25. The van der Waals surface area contributed by atoms with E-state index in [0.717, 1.165) is 27.3 Å². The second-order valence-corrected chi connectivity index (χ2v) is 6.28. The molecule has 120 valence electrons. The number of fused-ring (bicyclic) bond motifs is 1. The highest BCUT2D eigenvalue weighted by molar-refractivity contribution is 7.22. The van der Waals surface area contributed by atoms with E-state index in [0.29, 0.717) is 23.1 Å². The molecule has 5 nitrogen and oxygen atoms in total. The van der Waals surface area contributed by atoms with Crippen LogP contribution in [0.2, 0.25) is 0 Å². The zero-order valence-electron chi connectivity index (χ0n) is 13.5. The van der Waals surface area contributed by atoms with Gasteiger partial charge in [0.25, 0.3) is 5.91 Å². The number of carbonyl (C=O) groups excluding carboxylic acids is 1. The Labute approximate surface area is 138 Å². The summed E-state index contributed by atoms with van der Waals surface area (Å²) in [4.78, 5) is 16.9. The topological polar surface area (TPSA) is 64.4 Å². The van der Waals surface area contributed by atoms with Gasteiger partial charge in [-0.15, -0.1) is 0 Å². The first kappa shape index (κ1) is 15.6. The number of hydrogen-bond acceptors (Lipinski definition) is 5. The zero-order chi connectivity index (χ0) is 16.6. The molecule has 1 N–H and O–H groups in total. The molecule has 0 spiro atoms. The van der Waals surface area contributed by atoms with E-state index in [-0.39, 0.29) is 5.91 Å². The van der Waals surface area contributed by atoms with Crippen LogP contribution in [0.15, 0.2) is 22.6 Å². The summed E-state index contributed by atoms with van der Waals surface area (Å²) in [6, 6.07) is 5.71. The predicted octanol–water partition coefficient (Wildman–Crippen LogP) is 4.47. The summed E-state index contributed by atoms with van der Waals surface area (Å²) in [5.41, 5.74) is 2.28. The summed E-state index contributed by atoms with van der Waals surface area (Å²) in [7, 11) is 0. The molecule has 3 rings (SSSR count). The van der Waals surface area contributed by atoms with Crippen LogP contribution in [0.25, 0.3) is 10.2 Å². The van der Waals surface area contributed by atoms with Crippen molar-refractivity contribution in [3.8, 4) is 5.75 Å². The van der Waals surface area contributed by atoms with Crippen molar-refractivity contribution >= 4 is 32.6 Å². The van der Waals surface area contributed by atoms with Crippen molar-refractivity contribution in [1.82, 2.24) is 4.98 Å². The maximum absolute atomic E-state index is 12.5. The third kappa shape index (κ3) is 2.94. The molecule has 2 aromatic heterocycles. The normalized spacial score (nSPS) is 11.0. The number of hydrogen-bond donors (Lipinski definition) is 1. The first-order valence-electron chi connectivity index (χ1n) is 7.41.